The van der Waals surface area contributed by atoms with Crippen molar-refractivity contribution in [3.05, 3.63) is 30.5 Å². The summed E-state index contributed by atoms with van der Waals surface area (Å²) in [5.74, 6) is 0.172. The maximum absolute atomic E-state index is 11.4. The maximum atomic E-state index is 11.4. The molecule has 2 rings (SSSR count). The molecule has 0 radical (unpaired) electrons. The molecule has 0 amide bonds. The van der Waals surface area contributed by atoms with Crippen LogP contribution in [0.4, 0.5) is 5.88 Å². The lowest BCUT2D eigenvalue weighted by Crippen LogP contribution is -1.97. The molecule has 84 valence electrons. The number of hydrogen-bond donors (Lipinski definition) is 1. The lowest BCUT2D eigenvalue weighted by atomic mass is 10.1. The van der Waals surface area contributed by atoms with E-state index in [4.69, 9.17) is 10.3 Å². The summed E-state index contributed by atoms with van der Waals surface area (Å²) in [6.45, 7) is 0. The molecular formula is C10H10N2O3S. The molecule has 0 fully saturated rings. The van der Waals surface area contributed by atoms with Gasteiger partial charge in [0.25, 0.3) is 0 Å². The monoisotopic (exact) mass is 238 g/mol. The molecule has 0 saturated carbocycles. The summed E-state index contributed by atoms with van der Waals surface area (Å²) in [6.07, 6.45) is 2.61. The van der Waals surface area contributed by atoms with Crippen molar-refractivity contribution in [2.24, 2.45) is 0 Å². The first-order valence-electron chi connectivity index (χ1n) is 4.49. The SMILES string of the molecule is CS(=O)(=O)c1cccc(-c2cnoc2N)c1. The minimum atomic E-state index is -3.22. The molecule has 0 spiro atoms. The van der Waals surface area contributed by atoms with E-state index in [1.54, 1.807) is 12.1 Å². The van der Waals surface area contributed by atoms with Crippen molar-refractivity contribution >= 4 is 15.7 Å². The molecule has 1 aromatic heterocycles. The van der Waals surface area contributed by atoms with Gasteiger partial charge in [-0.1, -0.05) is 17.3 Å². The molecule has 0 bridgehead atoms. The molecule has 5 nitrogen and oxygen atoms in total. The van der Waals surface area contributed by atoms with E-state index in [0.29, 0.717) is 11.1 Å². The zero-order valence-electron chi connectivity index (χ0n) is 8.54. The molecule has 0 aliphatic heterocycles. The third-order valence-electron chi connectivity index (χ3n) is 2.17. The second kappa shape index (κ2) is 3.64. The molecule has 0 saturated heterocycles. The quantitative estimate of drug-likeness (QED) is 0.852. The van der Waals surface area contributed by atoms with Gasteiger partial charge in [-0.2, -0.15) is 0 Å². The first-order valence-corrected chi connectivity index (χ1v) is 6.38. The van der Waals surface area contributed by atoms with Gasteiger partial charge < -0.3 is 10.3 Å². The van der Waals surface area contributed by atoms with E-state index in [1.165, 1.54) is 18.3 Å². The lowest BCUT2D eigenvalue weighted by Gasteiger charge is -2.01. The topological polar surface area (TPSA) is 86.2 Å². The summed E-state index contributed by atoms with van der Waals surface area (Å²) in [7, 11) is -3.22. The smallest absolute Gasteiger partial charge is 0.229 e. The average Bonchev–Trinajstić information content (AvgIpc) is 2.63. The lowest BCUT2D eigenvalue weighted by molar-refractivity contribution is 0.436. The van der Waals surface area contributed by atoms with Crippen molar-refractivity contribution in [3.63, 3.8) is 0 Å². The summed E-state index contributed by atoms with van der Waals surface area (Å²) in [6, 6.07) is 6.47. The van der Waals surface area contributed by atoms with Gasteiger partial charge in [-0.25, -0.2) is 8.42 Å². The Hall–Kier alpha value is -1.82. The number of sulfone groups is 1. The Balaban J connectivity index is 2.57. The van der Waals surface area contributed by atoms with E-state index in [-0.39, 0.29) is 10.8 Å². The molecular weight excluding hydrogens is 228 g/mol. The third-order valence-corrected chi connectivity index (χ3v) is 3.28. The van der Waals surface area contributed by atoms with Crippen LogP contribution in [0.1, 0.15) is 0 Å². The molecule has 0 aliphatic carbocycles. The first kappa shape index (κ1) is 10.7. The van der Waals surface area contributed by atoms with Gasteiger partial charge in [-0.05, 0) is 17.7 Å². The van der Waals surface area contributed by atoms with Gasteiger partial charge in [-0.15, -0.1) is 0 Å². The van der Waals surface area contributed by atoms with Crippen LogP contribution in [0.15, 0.2) is 39.9 Å². The third kappa shape index (κ3) is 1.92. The highest BCUT2D eigenvalue weighted by molar-refractivity contribution is 7.90. The second-order valence-corrected chi connectivity index (χ2v) is 5.42. The van der Waals surface area contributed by atoms with E-state index >= 15 is 0 Å². The van der Waals surface area contributed by atoms with Crippen LogP contribution in [0, 0.1) is 0 Å². The van der Waals surface area contributed by atoms with Crippen molar-refractivity contribution < 1.29 is 12.9 Å². The molecule has 16 heavy (non-hydrogen) atoms. The van der Waals surface area contributed by atoms with Gasteiger partial charge in [0.2, 0.25) is 5.88 Å². The summed E-state index contributed by atoms with van der Waals surface area (Å²) >= 11 is 0. The molecule has 0 aliphatic rings. The Morgan fingerprint density at radius 1 is 1.38 bits per heavy atom. The highest BCUT2D eigenvalue weighted by Crippen LogP contribution is 2.26. The van der Waals surface area contributed by atoms with E-state index in [9.17, 15) is 8.42 Å². The molecule has 2 N–H and O–H groups in total. The van der Waals surface area contributed by atoms with Gasteiger partial charge >= 0.3 is 0 Å². The van der Waals surface area contributed by atoms with E-state index in [0.717, 1.165) is 6.26 Å². The number of nitrogens with two attached hydrogens (primary N) is 1. The number of nitrogens with zero attached hydrogens (tertiary/aromatic N) is 1. The minimum Gasteiger partial charge on any atom is -0.367 e. The number of hydrogen-bond acceptors (Lipinski definition) is 5. The number of nitrogen functional groups attached to an aromatic ring is 1. The van der Waals surface area contributed by atoms with Crippen LogP contribution < -0.4 is 5.73 Å². The summed E-state index contributed by atoms with van der Waals surface area (Å²) in [4.78, 5) is 0.241. The molecule has 2 aromatic rings. The molecule has 6 heteroatoms. The first-order chi connectivity index (χ1) is 7.48. The van der Waals surface area contributed by atoms with Gasteiger partial charge in [-0.3, -0.25) is 0 Å². The number of benzene rings is 1. The fraction of sp³-hybridized carbons (Fsp3) is 0.100. The van der Waals surface area contributed by atoms with Crippen LogP contribution in [0.25, 0.3) is 11.1 Å². The summed E-state index contributed by atoms with van der Waals surface area (Å²) < 4.78 is 27.5. The Bertz CT molecular complexity index is 616. The van der Waals surface area contributed by atoms with Crippen molar-refractivity contribution in [1.29, 1.82) is 0 Å². The fourth-order valence-corrected chi connectivity index (χ4v) is 2.03. The highest BCUT2D eigenvalue weighted by atomic mass is 32.2. The van der Waals surface area contributed by atoms with Crippen molar-refractivity contribution in [2.75, 3.05) is 12.0 Å². The summed E-state index contributed by atoms with van der Waals surface area (Å²) in [5, 5.41) is 3.54. The Morgan fingerprint density at radius 3 is 2.69 bits per heavy atom. The number of rotatable bonds is 2. The van der Waals surface area contributed by atoms with Gasteiger partial charge in [0.15, 0.2) is 9.84 Å². The Kier molecular flexibility index (Phi) is 2.43. The summed E-state index contributed by atoms with van der Waals surface area (Å²) in [5.41, 5.74) is 6.81. The van der Waals surface area contributed by atoms with Gasteiger partial charge in [0.1, 0.15) is 0 Å². The Labute approximate surface area is 92.8 Å². The predicted octanol–water partition coefficient (Wildman–Crippen LogP) is 1.33. The van der Waals surface area contributed by atoms with Crippen LogP contribution in [-0.4, -0.2) is 19.8 Å². The van der Waals surface area contributed by atoms with E-state index in [2.05, 4.69) is 5.16 Å². The van der Waals surface area contributed by atoms with Crippen molar-refractivity contribution in [1.82, 2.24) is 5.16 Å². The number of aromatic nitrogens is 1. The predicted molar refractivity (Wildman–Crippen MR) is 59.5 cm³/mol. The van der Waals surface area contributed by atoms with Crippen LogP contribution in [0.2, 0.25) is 0 Å². The minimum absolute atomic E-state index is 0.172. The van der Waals surface area contributed by atoms with Crippen LogP contribution in [-0.2, 0) is 9.84 Å². The van der Waals surface area contributed by atoms with E-state index < -0.39 is 9.84 Å². The van der Waals surface area contributed by atoms with Crippen molar-refractivity contribution in [2.45, 2.75) is 4.90 Å². The van der Waals surface area contributed by atoms with Crippen LogP contribution >= 0.6 is 0 Å². The van der Waals surface area contributed by atoms with Crippen LogP contribution in [0.5, 0.6) is 0 Å². The normalized spacial score (nSPS) is 11.6. The zero-order chi connectivity index (χ0) is 11.8. The maximum Gasteiger partial charge on any atom is 0.229 e. The van der Waals surface area contributed by atoms with Crippen molar-refractivity contribution in [3.8, 4) is 11.1 Å². The van der Waals surface area contributed by atoms with Gasteiger partial charge in [0, 0.05) is 6.26 Å². The molecule has 0 atom stereocenters. The van der Waals surface area contributed by atoms with E-state index in [1.807, 2.05) is 0 Å². The Morgan fingerprint density at radius 2 is 2.12 bits per heavy atom. The molecule has 0 unspecified atom stereocenters. The van der Waals surface area contributed by atoms with Gasteiger partial charge in [0.05, 0.1) is 16.7 Å². The molecule has 1 aromatic carbocycles. The zero-order valence-corrected chi connectivity index (χ0v) is 9.36. The average molecular weight is 238 g/mol. The number of anilines is 1. The second-order valence-electron chi connectivity index (χ2n) is 3.40. The fourth-order valence-electron chi connectivity index (χ4n) is 1.36. The van der Waals surface area contributed by atoms with Crippen LogP contribution in [0.3, 0.4) is 0 Å². The standard InChI is InChI=1S/C10H10N2O3S/c1-16(13,14)8-4-2-3-7(5-8)9-6-12-15-10(9)11/h2-6H,11H2,1H3. The molecule has 1 heterocycles. The largest absolute Gasteiger partial charge is 0.367 e. The highest BCUT2D eigenvalue weighted by Gasteiger charge is 2.11.